The lowest BCUT2D eigenvalue weighted by molar-refractivity contribution is 0.168. The molecule has 4 heteroatoms. The number of benzene rings is 1. The highest BCUT2D eigenvalue weighted by molar-refractivity contribution is 6.35. The van der Waals surface area contributed by atoms with Gasteiger partial charge in [-0.2, -0.15) is 0 Å². The van der Waals surface area contributed by atoms with E-state index in [1.807, 2.05) is 6.07 Å². The molecular formula is C13H12Cl2O2. The molecule has 0 radical (unpaired) electrons. The van der Waals surface area contributed by atoms with Crippen molar-refractivity contribution in [2.45, 2.75) is 18.9 Å². The first-order valence-electron chi connectivity index (χ1n) is 5.30. The highest BCUT2D eigenvalue weighted by atomic mass is 35.5. The third-order valence-corrected chi connectivity index (χ3v) is 3.23. The van der Waals surface area contributed by atoms with E-state index in [4.69, 9.17) is 27.6 Å². The predicted octanol–water partition coefficient (Wildman–Crippen LogP) is 3.73. The minimum Gasteiger partial charge on any atom is -0.469 e. The summed E-state index contributed by atoms with van der Waals surface area (Å²) in [7, 11) is 0. The monoisotopic (exact) mass is 270 g/mol. The second kappa shape index (κ2) is 5.58. The molecule has 1 atom stereocenters. The van der Waals surface area contributed by atoms with Crippen molar-refractivity contribution in [3.63, 3.8) is 0 Å². The van der Waals surface area contributed by atoms with E-state index in [1.165, 1.54) is 0 Å². The van der Waals surface area contributed by atoms with Crippen molar-refractivity contribution in [1.82, 2.24) is 0 Å². The SMILES string of the molecule is OC(Cc1ccco1)Cc1c(Cl)cccc1Cl. The van der Waals surface area contributed by atoms with Crippen molar-refractivity contribution in [1.29, 1.82) is 0 Å². The van der Waals surface area contributed by atoms with Gasteiger partial charge in [-0.25, -0.2) is 0 Å². The Kier molecular flexibility index (Phi) is 4.11. The molecular weight excluding hydrogens is 259 g/mol. The fraction of sp³-hybridized carbons (Fsp3) is 0.231. The lowest BCUT2D eigenvalue weighted by atomic mass is 10.0. The first-order valence-corrected chi connectivity index (χ1v) is 6.05. The Morgan fingerprint density at radius 2 is 1.76 bits per heavy atom. The first kappa shape index (κ1) is 12.5. The summed E-state index contributed by atoms with van der Waals surface area (Å²) in [5.74, 6) is 0.751. The normalized spacial score (nSPS) is 12.6. The van der Waals surface area contributed by atoms with Crippen LogP contribution >= 0.6 is 23.2 Å². The van der Waals surface area contributed by atoms with E-state index in [9.17, 15) is 5.11 Å². The van der Waals surface area contributed by atoms with Gasteiger partial charge in [-0.3, -0.25) is 0 Å². The largest absolute Gasteiger partial charge is 0.469 e. The maximum atomic E-state index is 9.95. The van der Waals surface area contributed by atoms with E-state index in [2.05, 4.69) is 0 Å². The quantitative estimate of drug-likeness (QED) is 0.919. The molecule has 1 aromatic heterocycles. The third-order valence-electron chi connectivity index (χ3n) is 2.52. The van der Waals surface area contributed by atoms with Crippen LogP contribution in [0.25, 0.3) is 0 Å². The lowest BCUT2D eigenvalue weighted by Gasteiger charge is -2.11. The van der Waals surface area contributed by atoms with E-state index < -0.39 is 6.10 Å². The van der Waals surface area contributed by atoms with E-state index in [-0.39, 0.29) is 0 Å². The molecule has 17 heavy (non-hydrogen) atoms. The van der Waals surface area contributed by atoms with Crippen LogP contribution in [0.5, 0.6) is 0 Å². The summed E-state index contributed by atoms with van der Waals surface area (Å²) in [6.45, 7) is 0. The van der Waals surface area contributed by atoms with Crippen molar-refractivity contribution in [2.75, 3.05) is 0 Å². The maximum Gasteiger partial charge on any atom is 0.106 e. The summed E-state index contributed by atoms with van der Waals surface area (Å²) in [5, 5.41) is 11.1. The van der Waals surface area contributed by atoms with Crippen LogP contribution in [0.1, 0.15) is 11.3 Å². The summed E-state index contributed by atoms with van der Waals surface area (Å²) in [6, 6.07) is 8.94. The van der Waals surface area contributed by atoms with E-state index in [0.717, 1.165) is 11.3 Å². The van der Waals surface area contributed by atoms with Gasteiger partial charge in [0.2, 0.25) is 0 Å². The molecule has 0 spiro atoms. The molecule has 1 unspecified atom stereocenters. The fourth-order valence-electron chi connectivity index (χ4n) is 1.70. The lowest BCUT2D eigenvalue weighted by Crippen LogP contribution is -2.14. The Labute approximate surface area is 110 Å². The van der Waals surface area contributed by atoms with Gasteiger partial charge in [0.05, 0.1) is 12.4 Å². The molecule has 0 saturated heterocycles. The number of furan rings is 1. The Morgan fingerprint density at radius 1 is 1.06 bits per heavy atom. The predicted molar refractivity (Wildman–Crippen MR) is 68.6 cm³/mol. The zero-order valence-electron chi connectivity index (χ0n) is 9.07. The number of halogens is 2. The molecule has 0 amide bonds. The van der Waals surface area contributed by atoms with Crippen LogP contribution in [0.4, 0.5) is 0 Å². The van der Waals surface area contributed by atoms with Crippen LogP contribution in [0.15, 0.2) is 41.0 Å². The van der Waals surface area contributed by atoms with Crippen LogP contribution in [-0.4, -0.2) is 11.2 Å². The molecule has 1 heterocycles. The number of aliphatic hydroxyl groups is 1. The third kappa shape index (κ3) is 3.25. The molecule has 0 bridgehead atoms. The summed E-state index contributed by atoms with van der Waals surface area (Å²) >= 11 is 12.1. The second-order valence-corrected chi connectivity index (χ2v) is 4.66. The minimum atomic E-state index is -0.557. The standard InChI is InChI=1S/C13H12Cl2O2/c14-12-4-1-5-13(15)11(12)8-9(16)7-10-3-2-6-17-10/h1-6,9,16H,7-8H2. The highest BCUT2D eigenvalue weighted by Gasteiger charge is 2.13. The number of hydrogen-bond acceptors (Lipinski definition) is 2. The van der Waals surface area contributed by atoms with Crippen LogP contribution < -0.4 is 0 Å². The summed E-state index contributed by atoms with van der Waals surface area (Å²) in [6.07, 6.45) is 1.90. The average Bonchev–Trinajstić information content (AvgIpc) is 2.76. The van der Waals surface area contributed by atoms with Crippen molar-refractivity contribution < 1.29 is 9.52 Å². The molecule has 1 N–H and O–H groups in total. The maximum absolute atomic E-state index is 9.95. The summed E-state index contributed by atoms with van der Waals surface area (Å²) < 4.78 is 5.18. The Balaban J connectivity index is 2.05. The topological polar surface area (TPSA) is 33.4 Å². The first-order chi connectivity index (χ1) is 8.16. The van der Waals surface area contributed by atoms with Crippen molar-refractivity contribution in [2.24, 2.45) is 0 Å². The smallest absolute Gasteiger partial charge is 0.106 e. The molecule has 2 aromatic rings. The fourth-order valence-corrected chi connectivity index (χ4v) is 2.25. The highest BCUT2D eigenvalue weighted by Crippen LogP contribution is 2.26. The van der Waals surface area contributed by atoms with E-state index in [1.54, 1.807) is 30.5 Å². The van der Waals surface area contributed by atoms with Gasteiger partial charge in [-0.15, -0.1) is 0 Å². The zero-order valence-corrected chi connectivity index (χ0v) is 10.6. The van der Waals surface area contributed by atoms with Gasteiger partial charge in [0, 0.05) is 22.9 Å². The molecule has 2 nitrogen and oxygen atoms in total. The van der Waals surface area contributed by atoms with Gasteiger partial charge in [0.15, 0.2) is 0 Å². The Hall–Kier alpha value is -0.960. The molecule has 0 aliphatic carbocycles. The number of hydrogen-bond donors (Lipinski definition) is 1. The molecule has 0 aliphatic rings. The van der Waals surface area contributed by atoms with Crippen LogP contribution in [0.3, 0.4) is 0 Å². The molecule has 0 saturated carbocycles. The van der Waals surface area contributed by atoms with Gasteiger partial charge in [0.1, 0.15) is 5.76 Å². The van der Waals surface area contributed by atoms with Crippen molar-refractivity contribution in [3.05, 3.63) is 58.0 Å². The molecule has 0 aliphatic heterocycles. The number of aliphatic hydroxyl groups excluding tert-OH is 1. The van der Waals surface area contributed by atoms with Gasteiger partial charge < -0.3 is 9.52 Å². The Morgan fingerprint density at radius 3 is 2.35 bits per heavy atom. The second-order valence-electron chi connectivity index (χ2n) is 3.84. The molecule has 90 valence electrons. The van der Waals surface area contributed by atoms with Crippen molar-refractivity contribution in [3.8, 4) is 0 Å². The molecule has 1 aromatic carbocycles. The summed E-state index contributed by atoms with van der Waals surface area (Å²) in [4.78, 5) is 0. The van der Waals surface area contributed by atoms with Crippen LogP contribution in [0, 0.1) is 0 Å². The summed E-state index contributed by atoms with van der Waals surface area (Å²) in [5.41, 5.74) is 0.773. The average molecular weight is 271 g/mol. The molecule has 2 rings (SSSR count). The van der Waals surface area contributed by atoms with Gasteiger partial charge >= 0.3 is 0 Å². The van der Waals surface area contributed by atoms with Gasteiger partial charge in [-0.1, -0.05) is 29.3 Å². The van der Waals surface area contributed by atoms with E-state index >= 15 is 0 Å². The van der Waals surface area contributed by atoms with Gasteiger partial charge in [0.25, 0.3) is 0 Å². The minimum absolute atomic E-state index is 0.416. The zero-order chi connectivity index (χ0) is 12.3. The van der Waals surface area contributed by atoms with Crippen LogP contribution in [0.2, 0.25) is 10.0 Å². The number of rotatable bonds is 4. The van der Waals surface area contributed by atoms with E-state index in [0.29, 0.717) is 22.9 Å². The van der Waals surface area contributed by atoms with Gasteiger partial charge in [-0.05, 0) is 29.8 Å². The Bertz CT molecular complexity index is 460. The van der Waals surface area contributed by atoms with Crippen LogP contribution in [-0.2, 0) is 12.8 Å². The molecule has 0 fully saturated rings. The van der Waals surface area contributed by atoms with Crippen molar-refractivity contribution >= 4 is 23.2 Å².